The molecule has 1 saturated carbocycles. The summed E-state index contributed by atoms with van der Waals surface area (Å²) in [6, 6.07) is 2.30. The van der Waals surface area contributed by atoms with Crippen LogP contribution >= 0.6 is 0 Å². The number of carbonyl (C=O) groups excluding carboxylic acids is 1. The second kappa shape index (κ2) is 2.94. The van der Waals surface area contributed by atoms with Gasteiger partial charge in [-0.25, -0.2) is 0 Å². The third-order valence-corrected chi connectivity index (χ3v) is 2.48. The van der Waals surface area contributed by atoms with E-state index in [9.17, 15) is 4.79 Å². The minimum absolute atomic E-state index is 0.182. The maximum atomic E-state index is 12.0. The molecule has 0 spiro atoms. The van der Waals surface area contributed by atoms with E-state index >= 15 is 0 Å². The summed E-state index contributed by atoms with van der Waals surface area (Å²) in [5.41, 5.74) is 0.451. The molecule has 3 nitrogen and oxygen atoms in total. The number of aromatic nitrogens is 2. The Morgan fingerprint density at radius 1 is 1.50 bits per heavy atom. The topological polar surface area (TPSA) is 34.9 Å². The van der Waals surface area contributed by atoms with Gasteiger partial charge in [-0.3, -0.25) is 9.48 Å². The van der Waals surface area contributed by atoms with Crippen molar-refractivity contribution < 1.29 is 4.79 Å². The second-order valence-corrected chi connectivity index (χ2v) is 4.97. The molecule has 3 heteroatoms. The van der Waals surface area contributed by atoms with Crippen LogP contribution in [0.1, 0.15) is 50.1 Å². The number of hydrogen-bond acceptors (Lipinski definition) is 2. The molecule has 0 radical (unpaired) electrons. The highest BCUT2D eigenvalue weighted by molar-refractivity contribution is 5.98. The van der Waals surface area contributed by atoms with Crippen molar-refractivity contribution in [1.82, 2.24) is 9.78 Å². The van der Waals surface area contributed by atoms with Gasteiger partial charge < -0.3 is 0 Å². The molecular weight excluding hydrogens is 176 g/mol. The molecule has 0 saturated heterocycles. The average molecular weight is 192 g/mol. The van der Waals surface area contributed by atoms with E-state index in [4.69, 9.17) is 0 Å². The standard InChI is InChI=1S/C11H16N2O/c1-11(2,3)10(14)9-6-7-12-13(9)8-4-5-8/h6-8H,4-5H2,1-3H3. The summed E-state index contributed by atoms with van der Waals surface area (Å²) in [5, 5.41) is 4.21. The summed E-state index contributed by atoms with van der Waals surface area (Å²) in [6.07, 6.45) is 4.04. The Kier molecular flexibility index (Phi) is 1.98. The fraction of sp³-hybridized carbons (Fsp3) is 0.636. The highest BCUT2D eigenvalue weighted by Crippen LogP contribution is 2.36. The first kappa shape index (κ1) is 9.44. The zero-order chi connectivity index (χ0) is 10.3. The summed E-state index contributed by atoms with van der Waals surface area (Å²) in [4.78, 5) is 12.0. The Labute approximate surface area is 84.1 Å². The van der Waals surface area contributed by atoms with Crippen molar-refractivity contribution in [2.45, 2.75) is 39.7 Å². The van der Waals surface area contributed by atoms with E-state index in [-0.39, 0.29) is 11.2 Å². The average Bonchev–Trinajstić information content (AvgIpc) is 2.81. The van der Waals surface area contributed by atoms with Crippen LogP contribution in [0.5, 0.6) is 0 Å². The summed E-state index contributed by atoms with van der Waals surface area (Å²) < 4.78 is 1.88. The lowest BCUT2D eigenvalue weighted by Crippen LogP contribution is -2.23. The monoisotopic (exact) mass is 192 g/mol. The van der Waals surface area contributed by atoms with Crippen molar-refractivity contribution in [3.05, 3.63) is 18.0 Å². The zero-order valence-electron chi connectivity index (χ0n) is 8.95. The Hall–Kier alpha value is -1.12. The molecule has 0 bridgehead atoms. The lowest BCUT2D eigenvalue weighted by molar-refractivity contribution is 0.0846. The van der Waals surface area contributed by atoms with Crippen LogP contribution in [0, 0.1) is 5.41 Å². The van der Waals surface area contributed by atoms with Crippen LogP contribution in [-0.2, 0) is 0 Å². The largest absolute Gasteiger partial charge is 0.292 e. The molecule has 1 fully saturated rings. The number of hydrogen-bond donors (Lipinski definition) is 0. The van der Waals surface area contributed by atoms with Crippen molar-refractivity contribution in [2.75, 3.05) is 0 Å². The van der Waals surface area contributed by atoms with Crippen LogP contribution in [0.25, 0.3) is 0 Å². The van der Waals surface area contributed by atoms with E-state index in [1.54, 1.807) is 6.20 Å². The maximum Gasteiger partial charge on any atom is 0.186 e. The molecule has 0 atom stereocenters. The molecule has 1 aliphatic rings. The van der Waals surface area contributed by atoms with Crippen molar-refractivity contribution in [3.63, 3.8) is 0 Å². The predicted molar refractivity (Wildman–Crippen MR) is 54.3 cm³/mol. The Bertz CT molecular complexity index is 356. The number of Topliss-reactive ketones (excluding diaryl/α,β-unsaturated/α-hetero) is 1. The molecule has 1 aromatic heterocycles. The first-order valence-electron chi connectivity index (χ1n) is 5.08. The van der Waals surface area contributed by atoms with Gasteiger partial charge in [-0.1, -0.05) is 20.8 Å². The van der Waals surface area contributed by atoms with Crippen LogP contribution in [-0.4, -0.2) is 15.6 Å². The number of rotatable bonds is 2. The summed E-state index contributed by atoms with van der Waals surface area (Å²) in [6.45, 7) is 5.83. The quantitative estimate of drug-likeness (QED) is 0.674. The molecule has 14 heavy (non-hydrogen) atoms. The van der Waals surface area contributed by atoms with Gasteiger partial charge in [-0.15, -0.1) is 0 Å². The van der Waals surface area contributed by atoms with E-state index in [0.29, 0.717) is 6.04 Å². The molecule has 1 heterocycles. The molecule has 0 N–H and O–H groups in total. The van der Waals surface area contributed by atoms with Crippen LogP contribution in [0.15, 0.2) is 12.3 Å². The number of ketones is 1. The normalized spacial score (nSPS) is 17.1. The molecule has 0 aromatic carbocycles. The van der Waals surface area contributed by atoms with Crippen molar-refractivity contribution in [2.24, 2.45) is 5.41 Å². The van der Waals surface area contributed by atoms with Gasteiger partial charge in [0.15, 0.2) is 5.78 Å². The van der Waals surface area contributed by atoms with Crippen LogP contribution in [0.3, 0.4) is 0 Å². The lowest BCUT2D eigenvalue weighted by Gasteiger charge is -2.17. The van der Waals surface area contributed by atoms with E-state index in [1.165, 1.54) is 0 Å². The predicted octanol–water partition coefficient (Wildman–Crippen LogP) is 2.45. The summed E-state index contributed by atoms with van der Waals surface area (Å²) in [5.74, 6) is 0.182. The summed E-state index contributed by atoms with van der Waals surface area (Å²) in [7, 11) is 0. The minimum Gasteiger partial charge on any atom is -0.292 e. The SMILES string of the molecule is CC(C)(C)C(=O)c1ccnn1C1CC1. The highest BCUT2D eigenvalue weighted by Gasteiger charge is 2.31. The van der Waals surface area contributed by atoms with Crippen molar-refractivity contribution in [1.29, 1.82) is 0 Å². The van der Waals surface area contributed by atoms with Gasteiger partial charge in [0.1, 0.15) is 5.69 Å². The van der Waals surface area contributed by atoms with Crippen LogP contribution in [0.4, 0.5) is 0 Å². The molecule has 0 aliphatic heterocycles. The first-order valence-corrected chi connectivity index (χ1v) is 5.08. The van der Waals surface area contributed by atoms with Crippen molar-refractivity contribution in [3.8, 4) is 0 Å². The first-order chi connectivity index (χ1) is 6.50. The van der Waals surface area contributed by atoms with Gasteiger partial charge in [-0.2, -0.15) is 5.10 Å². The third-order valence-electron chi connectivity index (χ3n) is 2.48. The molecule has 76 valence electrons. The Balaban J connectivity index is 2.31. The van der Waals surface area contributed by atoms with Gasteiger partial charge in [0, 0.05) is 11.6 Å². The Morgan fingerprint density at radius 3 is 2.64 bits per heavy atom. The van der Waals surface area contributed by atoms with Crippen molar-refractivity contribution >= 4 is 5.78 Å². The molecule has 0 amide bonds. The highest BCUT2D eigenvalue weighted by atomic mass is 16.1. The third kappa shape index (κ3) is 1.59. The Morgan fingerprint density at radius 2 is 2.14 bits per heavy atom. The fourth-order valence-corrected chi connectivity index (χ4v) is 1.49. The minimum atomic E-state index is -0.313. The van der Waals surface area contributed by atoms with E-state index in [0.717, 1.165) is 18.5 Å². The second-order valence-electron chi connectivity index (χ2n) is 4.97. The van der Waals surface area contributed by atoms with E-state index < -0.39 is 0 Å². The van der Waals surface area contributed by atoms with E-state index in [1.807, 2.05) is 31.5 Å². The lowest BCUT2D eigenvalue weighted by atomic mass is 9.89. The number of nitrogens with zero attached hydrogens (tertiary/aromatic N) is 2. The summed E-state index contributed by atoms with van der Waals surface area (Å²) >= 11 is 0. The van der Waals surface area contributed by atoms with Crippen LogP contribution < -0.4 is 0 Å². The van der Waals surface area contributed by atoms with E-state index in [2.05, 4.69) is 5.10 Å². The molecule has 1 aromatic rings. The molecule has 2 rings (SSSR count). The number of carbonyl (C=O) groups is 1. The van der Waals surface area contributed by atoms with Gasteiger partial charge >= 0.3 is 0 Å². The zero-order valence-corrected chi connectivity index (χ0v) is 8.95. The van der Waals surface area contributed by atoms with Gasteiger partial charge in [-0.05, 0) is 18.9 Å². The molecular formula is C11H16N2O. The molecule has 1 aliphatic carbocycles. The van der Waals surface area contributed by atoms with Gasteiger partial charge in [0.25, 0.3) is 0 Å². The maximum absolute atomic E-state index is 12.0. The fourth-order valence-electron chi connectivity index (χ4n) is 1.49. The van der Waals surface area contributed by atoms with Gasteiger partial charge in [0.2, 0.25) is 0 Å². The molecule has 0 unspecified atom stereocenters. The van der Waals surface area contributed by atoms with Gasteiger partial charge in [0.05, 0.1) is 6.04 Å². The van der Waals surface area contributed by atoms with Crippen LogP contribution in [0.2, 0.25) is 0 Å². The smallest absolute Gasteiger partial charge is 0.186 e.